The third kappa shape index (κ3) is 4.98. The summed E-state index contributed by atoms with van der Waals surface area (Å²) in [6.07, 6.45) is 0.684. The molecule has 2 N–H and O–H groups in total. The van der Waals surface area contributed by atoms with Gasteiger partial charge in [0, 0.05) is 31.6 Å². The lowest BCUT2D eigenvalue weighted by molar-refractivity contribution is -0.137. The molecular formula is C17H19F3N4O2. The fraction of sp³-hybridized carbons (Fsp3) is 0.412. The second-order valence-electron chi connectivity index (χ2n) is 6.16. The maximum atomic E-state index is 12.7. The average molecular weight is 368 g/mol. The number of benzene rings is 1. The van der Waals surface area contributed by atoms with Gasteiger partial charge in [-0.15, -0.1) is 0 Å². The quantitative estimate of drug-likeness (QED) is 0.858. The van der Waals surface area contributed by atoms with E-state index < -0.39 is 17.8 Å². The van der Waals surface area contributed by atoms with Crippen molar-refractivity contribution in [2.24, 2.45) is 5.92 Å². The predicted molar refractivity (Wildman–Crippen MR) is 89.9 cm³/mol. The van der Waals surface area contributed by atoms with Gasteiger partial charge in [-0.25, -0.2) is 4.79 Å². The molecule has 3 rings (SSSR count). The normalized spacial score (nSPS) is 15.7. The number of alkyl halides is 3. The number of hydrogen-bond acceptors (Lipinski definition) is 3. The summed E-state index contributed by atoms with van der Waals surface area (Å²) in [5.74, 6) is 0.482. The number of nitrogens with one attached hydrogen (secondary N) is 2. The van der Waals surface area contributed by atoms with Gasteiger partial charge in [-0.1, -0.05) is 6.07 Å². The first-order chi connectivity index (χ1) is 12.4. The van der Waals surface area contributed by atoms with Crippen molar-refractivity contribution in [3.8, 4) is 0 Å². The van der Waals surface area contributed by atoms with E-state index in [1.165, 1.54) is 18.3 Å². The molecule has 1 aliphatic heterocycles. The standard InChI is InChI=1S/C17H19F3N4O2/c18-17(19,20)13-2-1-3-14(8-13)22-16(25)23-15-9-21-24(11-15)10-12-4-6-26-7-5-12/h1-3,8-9,11-12H,4-7,10H2,(H2,22,23,25). The van der Waals surface area contributed by atoms with Crippen molar-refractivity contribution < 1.29 is 22.7 Å². The number of halogens is 3. The molecule has 1 aromatic carbocycles. The fourth-order valence-corrected chi connectivity index (χ4v) is 2.79. The minimum Gasteiger partial charge on any atom is -0.381 e. The second kappa shape index (κ2) is 7.77. The van der Waals surface area contributed by atoms with Crippen molar-refractivity contribution in [1.29, 1.82) is 0 Å². The third-order valence-corrected chi connectivity index (χ3v) is 4.13. The van der Waals surface area contributed by atoms with E-state index in [2.05, 4.69) is 15.7 Å². The maximum Gasteiger partial charge on any atom is 0.416 e. The van der Waals surface area contributed by atoms with E-state index in [0.717, 1.165) is 44.7 Å². The Balaban J connectivity index is 1.55. The predicted octanol–water partition coefficient (Wildman–Crippen LogP) is 3.97. The van der Waals surface area contributed by atoms with E-state index in [0.29, 0.717) is 11.6 Å². The number of carbonyl (C=O) groups is 1. The SMILES string of the molecule is O=C(Nc1cccc(C(F)(F)F)c1)Nc1cnn(CC2CCOCC2)c1. The minimum absolute atomic E-state index is 0.0620. The molecule has 2 amide bonds. The van der Waals surface area contributed by atoms with Crippen LogP contribution in [0.1, 0.15) is 18.4 Å². The van der Waals surface area contributed by atoms with Crippen LogP contribution in [0.25, 0.3) is 0 Å². The highest BCUT2D eigenvalue weighted by Crippen LogP contribution is 2.30. The fourth-order valence-electron chi connectivity index (χ4n) is 2.79. The lowest BCUT2D eigenvalue weighted by Gasteiger charge is -2.21. The van der Waals surface area contributed by atoms with Crippen LogP contribution >= 0.6 is 0 Å². The van der Waals surface area contributed by atoms with E-state index in [9.17, 15) is 18.0 Å². The van der Waals surface area contributed by atoms with Crippen LogP contribution in [0.15, 0.2) is 36.7 Å². The van der Waals surface area contributed by atoms with Crippen molar-refractivity contribution >= 4 is 17.4 Å². The van der Waals surface area contributed by atoms with Crippen LogP contribution in [0, 0.1) is 5.92 Å². The van der Waals surface area contributed by atoms with Gasteiger partial charge in [0.15, 0.2) is 0 Å². The summed E-state index contributed by atoms with van der Waals surface area (Å²) in [6.45, 7) is 2.23. The Bertz CT molecular complexity index is 754. The van der Waals surface area contributed by atoms with Crippen LogP contribution in [-0.4, -0.2) is 29.0 Å². The van der Waals surface area contributed by atoms with Crippen LogP contribution in [0.4, 0.5) is 29.3 Å². The molecule has 0 aliphatic carbocycles. The van der Waals surface area contributed by atoms with E-state index in [1.807, 2.05) is 0 Å². The lowest BCUT2D eigenvalue weighted by atomic mass is 10.0. The van der Waals surface area contributed by atoms with Crippen molar-refractivity contribution in [3.05, 3.63) is 42.2 Å². The number of ether oxygens (including phenoxy) is 1. The number of anilines is 2. The molecule has 0 saturated carbocycles. The minimum atomic E-state index is -4.46. The molecule has 1 fully saturated rings. The zero-order valence-electron chi connectivity index (χ0n) is 13.9. The largest absolute Gasteiger partial charge is 0.416 e. The molecule has 0 radical (unpaired) electrons. The number of nitrogens with zero attached hydrogens (tertiary/aromatic N) is 2. The van der Waals surface area contributed by atoms with Gasteiger partial charge >= 0.3 is 12.2 Å². The molecule has 0 spiro atoms. The summed E-state index contributed by atoms with van der Waals surface area (Å²) in [5.41, 5.74) is -0.284. The maximum absolute atomic E-state index is 12.7. The van der Waals surface area contributed by atoms with E-state index in [4.69, 9.17) is 4.74 Å². The summed E-state index contributed by atoms with van der Waals surface area (Å²) >= 11 is 0. The van der Waals surface area contributed by atoms with Crippen LogP contribution in [0.2, 0.25) is 0 Å². The van der Waals surface area contributed by atoms with Crippen LogP contribution in [-0.2, 0) is 17.5 Å². The summed E-state index contributed by atoms with van der Waals surface area (Å²) in [7, 11) is 0. The van der Waals surface area contributed by atoms with Crippen LogP contribution in [0.5, 0.6) is 0 Å². The highest BCUT2D eigenvalue weighted by Gasteiger charge is 2.30. The number of amides is 2. The van der Waals surface area contributed by atoms with Gasteiger partial charge in [0.2, 0.25) is 0 Å². The molecule has 2 aromatic rings. The molecule has 0 unspecified atom stereocenters. The molecule has 26 heavy (non-hydrogen) atoms. The molecule has 2 heterocycles. The van der Waals surface area contributed by atoms with Gasteiger partial charge in [0.05, 0.1) is 17.4 Å². The van der Waals surface area contributed by atoms with Gasteiger partial charge in [0.25, 0.3) is 0 Å². The molecule has 0 bridgehead atoms. The zero-order valence-corrected chi connectivity index (χ0v) is 13.9. The Morgan fingerprint density at radius 3 is 2.69 bits per heavy atom. The first-order valence-corrected chi connectivity index (χ1v) is 8.25. The van der Waals surface area contributed by atoms with Crippen molar-refractivity contribution in [1.82, 2.24) is 9.78 Å². The molecule has 1 aliphatic rings. The van der Waals surface area contributed by atoms with Gasteiger partial charge in [-0.05, 0) is 37.0 Å². The number of hydrogen-bond donors (Lipinski definition) is 2. The smallest absolute Gasteiger partial charge is 0.381 e. The van der Waals surface area contributed by atoms with Crippen LogP contribution in [0.3, 0.4) is 0 Å². The molecule has 0 atom stereocenters. The Labute approximate surface area is 148 Å². The molecule has 140 valence electrons. The highest BCUT2D eigenvalue weighted by atomic mass is 19.4. The first kappa shape index (κ1) is 18.2. The highest BCUT2D eigenvalue weighted by molar-refractivity contribution is 5.99. The summed E-state index contributed by atoms with van der Waals surface area (Å²) < 4.78 is 45.2. The van der Waals surface area contributed by atoms with E-state index in [1.54, 1.807) is 10.9 Å². The second-order valence-corrected chi connectivity index (χ2v) is 6.16. The van der Waals surface area contributed by atoms with Crippen molar-refractivity contribution in [2.75, 3.05) is 23.8 Å². The number of rotatable bonds is 4. The summed E-state index contributed by atoms with van der Waals surface area (Å²) in [4.78, 5) is 12.0. The first-order valence-electron chi connectivity index (χ1n) is 8.25. The molecular weight excluding hydrogens is 349 g/mol. The molecule has 9 heteroatoms. The summed E-state index contributed by atoms with van der Waals surface area (Å²) in [5, 5.41) is 9.16. The van der Waals surface area contributed by atoms with Crippen LogP contribution < -0.4 is 10.6 Å². The molecule has 6 nitrogen and oxygen atoms in total. The van der Waals surface area contributed by atoms with Crippen molar-refractivity contribution in [3.63, 3.8) is 0 Å². The number of aromatic nitrogens is 2. The molecule has 1 aromatic heterocycles. The molecule has 1 saturated heterocycles. The number of carbonyl (C=O) groups excluding carboxylic acids is 1. The van der Waals surface area contributed by atoms with Gasteiger partial charge < -0.3 is 15.4 Å². The average Bonchev–Trinajstić information content (AvgIpc) is 3.02. The van der Waals surface area contributed by atoms with E-state index >= 15 is 0 Å². The van der Waals surface area contributed by atoms with E-state index in [-0.39, 0.29) is 5.69 Å². The Kier molecular flexibility index (Phi) is 5.46. The third-order valence-electron chi connectivity index (χ3n) is 4.13. The monoisotopic (exact) mass is 368 g/mol. The van der Waals surface area contributed by atoms with Gasteiger partial charge in [0.1, 0.15) is 0 Å². The van der Waals surface area contributed by atoms with Crippen molar-refractivity contribution in [2.45, 2.75) is 25.6 Å². The van der Waals surface area contributed by atoms with Gasteiger partial charge in [-0.2, -0.15) is 18.3 Å². The zero-order chi connectivity index (χ0) is 18.6. The number of urea groups is 1. The Morgan fingerprint density at radius 2 is 1.96 bits per heavy atom. The lowest BCUT2D eigenvalue weighted by Crippen LogP contribution is -2.21. The summed E-state index contributed by atoms with van der Waals surface area (Å²) in [6, 6.07) is 3.83. The Morgan fingerprint density at radius 1 is 1.23 bits per heavy atom. The Hall–Kier alpha value is -2.55. The topological polar surface area (TPSA) is 68.2 Å². The van der Waals surface area contributed by atoms with Gasteiger partial charge in [-0.3, -0.25) is 4.68 Å².